The monoisotopic (exact) mass is 285 g/mol. The first-order valence-corrected chi connectivity index (χ1v) is 7.72. The predicted molar refractivity (Wildman–Crippen MR) is 87.5 cm³/mol. The van der Waals surface area contributed by atoms with Crippen LogP contribution in [0.25, 0.3) is 10.9 Å². The molecule has 21 heavy (non-hydrogen) atoms. The maximum atomic E-state index is 5.93. The van der Waals surface area contributed by atoms with Crippen LogP contribution in [-0.4, -0.2) is 47.1 Å². The van der Waals surface area contributed by atoms with Crippen molar-refractivity contribution in [2.75, 3.05) is 36.8 Å². The van der Waals surface area contributed by atoms with Gasteiger partial charge in [-0.25, -0.2) is 9.97 Å². The summed E-state index contributed by atoms with van der Waals surface area (Å²) in [5.74, 6) is 1.02. The maximum absolute atomic E-state index is 5.93. The van der Waals surface area contributed by atoms with Crippen LogP contribution < -0.4 is 10.6 Å². The Bertz CT molecular complexity index is 623. The van der Waals surface area contributed by atoms with Crippen molar-refractivity contribution in [3.63, 3.8) is 0 Å². The number of hydrogen-bond acceptors (Lipinski definition) is 5. The van der Waals surface area contributed by atoms with Crippen LogP contribution in [0.3, 0.4) is 0 Å². The number of likely N-dealkylation sites (N-methyl/N-ethyl adjacent to an activating group) is 1. The number of hydrogen-bond donors (Lipinski definition) is 1. The van der Waals surface area contributed by atoms with Gasteiger partial charge in [0.1, 0.15) is 12.1 Å². The maximum Gasteiger partial charge on any atom is 0.140 e. The number of nitrogens with zero attached hydrogens (tertiary/aromatic N) is 4. The second-order valence-corrected chi connectivity index (χ2v) is 5.58. The zero-order chi connectivity index (χ0) is 14.8. The summed E-state index contributed by atoms with van der Waals surface area (Å²) in [6, 6.07) is 6.46. The Morgan fingerprint density at radius 2 is 2.10 bits per heavy atom. The van der Waals surface area contributed by atoms with E-state index in [1.807, 2.05) is 18.2 Å². The molecule has 0 radical (unpaired) electrons. The minimum Gasteiger partial charge on any atom is -0.399 e. The lowest BCUT2D eigenvalue weighted by molar-refractivity contribution is 0.232. The number of nitrogen functional groups attached to an aromatic ring is 1. The lowest BCUT2D eigenvalue weighted by Crippen LogP contribution is -2.37. The zero-order valence-electron chi connectivity index (χ0n) is 12.8. The Balaban J connectivity index is 1.90. The summed E-state index contributed by atoms with van der Waals surface area (Å²) in [5, 5.41) is 1.05. The van der Waals surface area contributed by atoms with Crippen molar-refractivity contribution in [2.45, 2.75) is 26.3 Å². The Morgan fingerprint density at radius 3 is 2.86 bits per heavy atom. The molecular formula is C16H23N5. The summed E-state index contributed by atoms with van der Waals surface area (Å²) in [6.45, 7) is 8.74. The van der Waals surface area contributed by atoms with Crippen molar-refractivity contribution in [3.8, 4) is 0 Å². The molecule has 5 heteroatoms. The summed E-state index contributed by atoms with van der Waals surface area (Å²) in [7, 11) is 0. The molecule has 0 spiro atoms. The third-order valence-electron chi connectivity index (χ3n) is 4.43. The van der Waals surface area contributed by atoms with Gasteiger partial charge in [-0.1, -0.05) is 13.8 Å². The van der Waals surface area contributed by atoms with Gasteiger partial charge in [0.05, 0.1) is 5.52 Å². The van der Waals surface area contributed by atoms with Crippen LogP contribution >= 0.6 is 0 Å². The van der Waals surface area contributed by atoms with Gasteiger partial charge in [0.2, 0.25) is 0 Å². The van der Waals surface area contributed by atoms with Crippen LogP contribution in [0, 0.1) is 0 Å². The fourth-order valence-corrected chi connectivity index (χ4v) is 3.28. The molecule has 1 aromatic carbocycles. The van der Waals surface area contributed by atoms with Gasteiger partial charge in [-0.05, 0) is 37.7 Å². The highest BCUT2D eigenvalue weighted by Gasteiger charge is 2.27. The average molecular weight is 285 g/mol. The molecule has 1 fully saturated rings. The van der Waals surface area contributed by atoms with Crippen molar-refractivity contribution in [3.05, 3.63) is 24.5 Å². The molecule has 0 aliphatic carbocycles. The molecule has 0 saturated carbocycles. The van der Waals surface area contributed by atoms with Gasteiger partial charge < -0.3 is 10.6 Å². The Hall–Kier alpha value is -1.88. The van der Waals surface area contributed by atoms with Gasteiger partial charge in [-0.15, -0.1) is 0 Å². The molecule has 1 aliphatic heterocycles. The number of nitrogens with two attached hydrogens (primary N) is 1. The van der Waals surface area contributed by atoms with Crippen molar-refractivity contribution in [1.82, 2.24) is 14.9 Å². The zero-order valence-corrected chi connectivity index (χ0v) is 12.8. The highest BCUT2D eigenvalue weighted by atomic mass is 15.3. The van der Waals surface area contributed by atoms with Crippen LogP contribution in [0.4, 0.5) is 11.5 Å². The van der Waals surface area contributed by atoms with Crippen LogP contribution in [-0.2, 0) is 0 Å². The molecule has 112 valence electrons. The van der Waals surface area contributed by atoms with Crippen molar-refractivity contribution < 1.29 is 0 Å². The smallest absolute Gasteiger partial charge is 0.140 e. The lowest BCUT2D eigenvalue weighted by atomic mass is 10.2. The predicted octanol–water partition coefficient (Wildman–Crippen LogP) is 2.13. The van der Waals surface area contributed by atoms with Crippen molar-refractivity contribution in [2.24, 2.45) is 0 Å². The summed E-state index contributed by atoms with van der Waals surface area (Å²) < 4.78 is 0. The van der Waals surface area contributed by atoms with Gasteiger partial charge in [-0.2, -0.15) is 0 Å². The van der Waals surface area contributed by atoms with E-state index in [0.717, 1.165) is 48.6 Å². The van der Waals surface area contributed by atoms with Gasteiger partial charge in [0.15, 0.2) is 0 Å². The summed E-state index contributed by atoms with van der Waals surface area (Å²) in [5.41, 5.74) is 7.65. The second-order valence-electron chi connectivity index (χ2n) is 5.58. The normalized spacial score (nSPS) is 18.8. The highest BCUT2D eigenvalue weighted by molar-refractivity contribution is 5.91. The third-order valence-corrected chi connectivity index (χ3v) is 4.43. The van der Waals surface area contributed by atoms with E-state index in [2.05, 4.69) is 33.6 Å². The molecule has 1 aliphatic rings. The van der Waals surface area contributed by atoms with E-state index in [-0.39, 0.29) is 0 Å². The summed E-state index contributed by atoms with van der Waals surface area (Å²) >= 11 is 0. The molecule has 2 N–H and O–H groups in total. The van der Waals surface area contributed by atoms with E-state index >= 15 is 0 Å². The molecule has 2 aromatic rings. The second kappa shape index (κ2) is 5.85. The molecule has 1 atom stereocenters. The van der Waals surface area contributed by atoms with Crippen molar-refractivity contribution >= 4 is 22.4 Å². The Labute approximate surface area is 125 Å². The fraction of sp³-hybridized carbons (Fsp3) is 0.500. The molecule has 1 aromatic heterocycles. The van der Waals surface area contributed by atoms with Crippen LogP contribution in [0.1, 0.15) is 20.3 Å². The van der Waals surface area contributed by atoms with Gasteiger partial charge in [0, 0.05) is 30.2 Å². The minimum atomic E-state index is 0.617. The number of rotatable bonds is 4. The Kier molecular flexibility index (Phi) is 3.92. The topological polar surface area (TPSA) is 58.3 Å². The van der Waals surface area contributed by atoms with E-state index < -0.39 is 0 Å². The number of fused-ring (bicyclic) bond motifs is 1. The lowest BCUT2D eigenvalue weighted by Gasteiger charge is -2.26. The molecule has 1 unspecified atom stereocenters. The quantitative estimate of drug-likeness (QED) is 0.872. The third kappa shape index (κ3) is 2.65. The standard InChI is InChI=1S/C16H23N5/c1-3-20(4-2)13-7-8-21(10-13)16-14-9-12(17)5-6-15(14)18-11-19-16/h5-6,9,11,13H,3-4,7-8,10,17H2,1-2H3. The SMILES string of the molecule is CCN(CC)C1CCN(c2ncnc3ccc(N)cc23)C1. The largest absolute Gasteiger partial charge is 0.399 e. The molecule has 5 nitrogen and oxygen atoms in total. The molecule has 2 heterocycles. The summed E-state index contributed by atoms with van der Waals surface area (Å²) in [6.07, 6.45) is 2.84. The minimum absolute atomic E-state index is 0.617. The number of benzene rings is 1. The van der Waals surface area contributed by atoms with E-state index in [1.165, 1.54) is 6.42 Å². The van der Waals surface area contributed by atoms with E-state index in [9.17, 15) is 0 Å². The average Bonchev–Trinajstić information content (AvgIpc) is 2.97. The fourth-order valence-electron chi connectivity index (χ4n) is 3.28. The number of anilines is 2. The molecule has 0 amide bonds. The highest BCUT2D eigenvalue weighted by Crippen LogP contribution is 2.28. The number of aromatic nitrogens is 2. The first-order chi connectivity index (χ1) is 10.2. The molecule has 1 saturated heterocycles. The Morgan fingerprint density at radius 1 is 1.29 bits per heavy atom. The van der Waals surface area contributed by atoms with Crippen molar-refractivity contribution in [1.29, 1.82) is 0 Å². The van der Waals surface area contributed by atoms with Crippen LogP contribution in [0.5, 0.6) is 0 Å². The van der Waals surface area contributed by atoms with Crippen LogP contribution in [0.15, 0.2) is 24.5 Å². The van der Waals surface area contributed by atoms with E-state index in [0.29, 0.717) is 6.04 Å². The molecule has 3 rings (SSSR count). The first-order valence-electron chi connectivity index (χ1n) is 7.72. The van der Waals surface area contributed by atoms with Crippen LogP contribution in [0.2, 0.25) is 0 Å². The molecular weight excluding hydrogens is 262 g/mol. The van der Waals surface area contributed by atoms with Gasteiger partial charge >= 0.3 is 0 Å². The van der Waals surface area contributed by atoms with E-state index in [4.69, 9.17) is 5.73 Å². The van der Waals surface area contributed by atoms with E-state index in [1.54, 1.807) is 6.33 Å². The summed E-state index contributed by atoms with van der Waals surface area (Å²) in [4.78, 5) is 13.7. The first kappa shape index (κ1) is 14.1. The van der Waals surface area contributed by atoms with Gasteiger partial charge in [-0.3, -0.25) is 4.90 Å². The molecule has 0 bridgehead atoms. The van der Waals surface area contributed by atoms with Gasteiger partial charge in [0.25, 0.3) is 0 Å².